The number of hydrogen-bond donors (Lipinski definition) is 2. The van der Waals surface area contributed by atoms with Crippen molar-refractivity contribution >= 4 is 34.8 Å². The predicted molar refractivity (Wildman–Crippen MR) is 88.2 cm³/mol. The first kappa shape index (κ1) is 16.6. The van der Waals surface area contributed by atoms with Gasteiger partial charge in [-0.25, -0.2) is 0 Å². The molecule has 21 heavy (non-hydrogen) atoms. The first-order valence-corrected chi connectivity index (χ1v) is 8.05. The molecular formula is C15H21Cl2N3O. The molecule has 2 rings (SSSR count). The van der Waals surface area contributed by atoms with Gasteiger partial charge in [-0.05, 0) is 50.7 Å². The highest BCUT2D eigenvalue weighted by molar-refractivity contribution is 6.35. The molecule has 1 aromatic rings. The molecule has 0 radical (unpaired) electrons. The summed E-state index contributed by atoms with van der Waals surface area (Å²) in [7, 11) is 0. The van der Waals surface area contributed by atoms with Gasteiger partial charge in [0.1, 0.15) is 0 Å². The summed E-state index contributed by atoms with van der Waals surface area (Å²) in [5.74, 6) is -0.0560. The number of benzene rings is 1. The van der Waals surface area contributed by atoms with Crippen molar-refractivity contribution in [2.45, 2.75) is 25.8 Å². The number of amides is 1. The Balaban J connectivity index is 1.94. The second-order valence-electron chi connectivity index (χ2n) is 5.22. The van der Waals surface area contributed by atoms with Crippen LogP contribution in [0.5, 0.6) is 0 Å². The van der Waals surface area contributed by atoms with Crippen LogP contribution in [0.3, 0.4) is 0 Å². The summed E-state index contributed by atoms with van der Waals surface area (Å²) in [5, 5.41) is 7.24. The molecule has 6 heteroatoms. The predicted octanol–water partition coefficient (Wildman–Crippen LogP) is 3.01. The van der Waals surface area contributed by atoms with Gasteiger partial charge in [-0.2, -0.15) is 0 Å². The van der Waals surface area contributed by atoms with Gasteiger partial charge >= 0.3 is 0 Å². The minimum Gasteiger partial charge on any atom is -0.324 e. The third kappa shape index (κ3) is 4.85. The van der Waals surface area contributed by atoms with Gasteiger partial charge in [-0.1, -0.05) is 30.1 Å². The third-order valence-electron chi connectivity index (χ3n) is 3.78. The molecule has 0 aromatic heterocycles. The first-order chi connectivity index (χ1) is 10.1. The third-order valence-corrected chi connectivity index (χ3v) is 4.35. The maximum Gasteiger partial charge on any atom is 0.238 e. The second kappa shape index (κ2) is 7.99. The number of hydrogen-bond acceptors (Lipinski definition) is 3. The molecular weight excluding hydrogens is 309 g/mol. The Hall–Kier alpha value is -0.810. The molecule has 1 aliphatic heterocycles. The maximum atomic E-state index is 12.2. The Morgan fingerprint density at radius 3 is 2.76 bits per heavy atom. The number of piperidine rings is 1. The van der Waals surface area contributed by atoms with Gasteiger partial charge < -0.3 is 10.6 Å². The molecule has 0 bridgehead atoms. The fourth-order valence-corrected chi connectivity index (χ4v) is 2.98. The fraction of sp³-hybridized carbons (Fsp3) is 0.533. The summed E-state index contributed by atoms with van der Waals surface area (Å²) in [4.78, 5) is 14.4. The van der Waals surface area contributed by atoms with E-state index in [9.17, 15) is 4.79 Å². The van der Waals surface area contributed by atoms with Crippen molar-refractivity contribution in [2.75, 3.05) is 31.5 Å². The Morgan fingerprint density at radius 2 is 2.10 bits per heavy atom. The van der Waals surface area contributed by atoms with Gasteiger partial charge in [0.15, 0.2) is 0 Å². The van der Waals surface area contributed by atoms with E-state index in [-0.39, 0.29) is 5.91 Å². The average Bonchev–Trinajstić information content (AvgIpc) is 2.49. The van der Waals surface area contributed by atoms with Crippen LogP contribution in [0, 0.1) is 0 Å². The molecule has 1 amide bonds. The van der Waals surface area contributed by atoms with E-state index < -0.39 is 0 Å². The standard InChI is InChI=1S/C15H21Cl2N3O/c1-2-20(12-5-7-18-8-6-12)10-15(21)19-14-9-11(16)3-4-13(14)17/h3-4,9,12,18H,2,5-8,10H2,1H3,(H,19,21). The minimum absolute atomic E-state index is 0.0560. The lowest BCUT2D eigenvalue weighted by molar-refractivity contribution is -0.118. The van der Waals surface area contributed by atoms with Crippen LogP contribution in [0.4, 0.5) is 5.69 Å². The molecule has 1 fully saturated rings. The zero-order chi connectivity index (χ0) is 15.2. The van der Waals surface area contributed by atoms with Crippen molar-refractivity contribution in [3.8, 4) is 0 Å². The molecule has 0 unspecified atom stereocenters. The summed E-state index contributed by atoms with van der Waals surface area (Å²) < 4.78 is 0. The van der Waals surface area contributed by atoms with Crippen LogP contribution in [-0.2, 0) is 4.79 Å². The van der Waals surface area contributed by atoms with Crippen molar-refractivity contribution in [3.05, 3.63) is 28.2 Å². The molecule has 4 nitrogen and oxygen atoms in total. The lowest BCUT2D eigenvalue weighted by Crippen LogP contribution is -2.46. The van der Waals surface area contributed by atoms with E-state index in [0.29, 0.717) is 28.3 Å². The van der Waals surface area contributed by atoms with Crippen LogP contribution in [-0.4, -0.2) is 43.0 Å². The number of halogens is 2. The highest BCUT2D eigenvalue weighted by Crippen LogP contribution is 2.25. The van der Waals surface area contributed by atoms with E-state index in [2.05, 4.69) is 22.5 Å². The number of anilines is 1. The molecule has 0 spiro atoms. The summed E-state index contributed by atoms with van der Waals surface area (Å²) in [6.45, 7) is 5.36. The molecule has 0 atom stereocenters. The summed E-state index contributed by atoms with van der Waals surface area (Å²) >= 11 is 12.0. The SMILES string of the molecule is CCN(CC(=O)Nc1cc(Cl)ccc1Cl)C1CCNCC1. The lowest BCUT2D eigenvalue weighted by Gasteiger charge is -2.33. The highest BCUT2D eigenvalue weighted by Gasteiger charge is 2.21. The number of rotatable bonds is 5. The quantitative estimate of drug-likeness (QED) is 0.872. The highest BCUT2D eigenvalue weighted by atomic mass is 35.5. The van der Waals surface area contributed by atoms with Crippen LogP contribution in [0.1, 0.15) is 19.8 Å². The maximum absolute atomic E-state index is 12.2. The topological polar surface area (TPSA) is 44.4 Å². The van der Waals surface area contributed by atoms with Crippen LogP contribution in [0.15, 0.2) is 18.2 Å². The molecule has 116 valence electrons. The number of carbonyl (C=O) groups is 1. The molecule has 1 aromatic carbocycles. The molecule has 2 N–H and O–H groups in total. The van der Waals surface area contributed by atoms with Crippen LogP contribution in [0.25, 0.3) is 0 Å². The fourth-order valence-electron chi connectivity index (χ4n) is 2.64. The Morgan fingerprint density at radius 1 is 1.38 bits per heavy atom. The van der Waals surface area contributed by atoms with Crippen molar-refractivity contribution in [1.29, 1.82) is 0 Å². The second-order valence-corrected chi connectivity index (χ2v) is 6.06. The Labute approximate surface area is 135 Å². The van der Waals surface area contributed by atoms with E-state index >= 15 is 0 Å². The van der Waals surface area contributed by atoms with E-state index in [4.69, 9.17) is 23.2 Å². The first-order valence-electron chi connectivity index (χ1n) is 7.30. The summed E-state index contributed by atoms with van der Waals surface area (Å²) in [6.07, 6.45) is 2.16. The largest absolute Gasteiger partial charge is 0.324 e. The zero-order valence-electron chi connectivity index (χ0n) is 12.2. The van der Waals surface area contributed by atoms with Crippen molar-refractivity contribution in [3.63, 3.8) is 0 Å². The molecule has 0 aliphatic carbocycles. The smallest absolute Gasteiger partial charge is 0.238 e. The van der Waals surface area contributed by atoms with Gasteiger partial charge in [0, 0.05) is 11.1 Å². The van der Waals surface area contributed by atoms with Crippen LogP contribution < -0.4 is 10.6 Å². The Kier molecular flexibility index (Phi) is 6.30. The van der Waals surface area contributed by atoms with E-state index in [1.165, 1.54) is 0 Å². The normalized spacial score (nSPS) is 16.2. The number of carbonyl (C=O) groups excluding carboxylic acids is 1. The average molecular weight is 330 g/mol. The number of likely N-dealkylation sites (N-methyl/N-ethyl adjacent to an activating group) is 1. The molecule has 1 saturated heterocycles. The van der Waals surface area contributed by atoms with Crippen LogP contribution in [0.2, 0.25) is 10.0 Å². The number of nitrogens with zero attached hydrogens (tertiary/aromatic N) is 1. The van der Waals surface area contributed by atoms with Gasteiger partial charge in [0.05, 0.1) is 17.3 Å². The van der Waals surface area contributed by atoms with Gasteiger partial charge in [-0.15, -0.1) is 0 Å². The summed E-state index contributed by atoms with van der Waals surface area (Å²) in [5.41, 5.74) is 0.565. The van der Waals surface area contributed by atoms with Crippen molar-refractivity contribution in [1.82, 2.24) is 10.2 Å². The van der Waals surface area contributed by atoms with E-state index in [1.807, 2.05) is 0 Å². The van der Waals surface area contributed by atoms with Crippen molar-refractivity contribution in [2.24, 2.45) is 0 Å². The van der Waals surface area contributed by atoms with E-state index in [0.717, 1.165) is 32.5 Å². The van der Waals surface area contributed by atoms with E-state index in [1.54, 1.807) is 18.2 Å². The molecule has 1 aliphatic rings. The lowest BCUT2D eigenvalue weighted by atomic mass is 10.0. The zero-order valence-corrected chi connectivity index (χ0v) is 13.7. The van der Waals surface area contributed by atoms with Crippen LogP contribution >= 0.6 is 23.2 Å². The minimum atomic E-state index is -0.0560. The van der Waals surface area contributed by atoms with Crippen molar-refractivity contribution < 1.29 is 4.79 Å². The molecule has 1 heterocycles. The van der Waals surface area contributed by atoms with Gasteiger partial charge in [-0.3, -0.25) is 9.69 Å². The Bertz CT molecular complexity index is 490. The van der Waals surface area contributed by atoms with Gasteiger partial charge in [0.2, 0.25) is 5.91 Å². The van der Waals surface area contributed by atoms with Gasteiger partial charge in [0.25, 0.3) is 0 Å². The molecule has 0 saturated carbocycles. The number of nitrogens with one attached hydrogen (secondary N) is 2. The monoisotopic (exact) mass is 329 g/mol. The summed E-state index contributed by atoms with van der Waals surface area (Å²) in [6, 6.07) is 5.52.